The molecule has 11 heteroatoms. The van der Waals surface area contributed by atoms with Crippen molar-refractivity contribution >= 4 is 35.0 Å². The van der Waals surface area contributed by atoms with Crippen molar-refractivity contribution in [3.8, 4) is 17.3 Å². The molecule has 4 aromatic rings. The van der Waals surface area contributed by atoms with Gasteiger partial charge < -0.3 is 14.1 Å². The molecule has 0 spiro atoms. The van der Waals surface area contributed by atoms with Crippen molar-refractivity contribution in [1.82, 2.24) is 24.6 Å². The molecule has 1 unspecified atom stereocenters. The van der Waals surface area contributed by atoms with Gasteiger partial charge in [0.25, 0.3) is 5.91 Å². The smallest absolute Gasteiger partial charge is 0.310 e. The summed E-state index contributed by atoms with van der Waals surface area (Å²) in [5.41, 5.74) is 1.33. The molecular formula is C25H25N5O4S2. The molecular weight excluding hydrogens is 498 g/mol. The summed E-state index contributed by atoms with van der Waals surface area (Å²) in [6.07, 6.45) is 3.12. The van der Waals surface area contributed by atoms with Crippen molar-refractivity contribution in [1.29, 1.82) is 0 Å². The van der Waals surface area contributed by atoms with Crippen molar-refractivity contribution in [3.63, 3.8) is 0 Å². The zero-order valence-electron chi connectivity index (χ0n) is 19.7. The number of rotatable bonds is 8. The summed E-state index contributed by atoms with van der Waals surface area (Å²) in [5.74, 6) is 1.12. The Hall–Kier alpha value is -3.44. The molecule has 3 aromatic heterocycles. The third-order valence-electron chi connectivity index (χ3n) is 5.81. The fraction of sp³-hybridized carbons (Fsp3) is 0.320. The van der Waals surface area contributed by atoms with Crippen LogP contribution in [0, 0.1) is 5.92 Å². The number of para-hydroxylation sites is 1. The van der Waals surface area contributed by atoms with Crippen molar-refractivity contribution in [2.45, 2.75) is 30.7 Å². The van der Waals surface area contributed by atoms with Crippen LogP contribution in [0.15, 0.2) is 63.7 Å². The number of hydrogen-bond acceptors (Lipinski definition) is 9. The van der Waals surface area contributed by atoms with E-state index in [2.05, 4.69) is 15.2 Å². The number of nitrogens with zero attached hydrogens (tertiary/aromatic N) is 5. The Morgan fingerprint density at radius 2 is 2.06 bits per heavy atom. The van der Waals surface area contributed by atoms with Gasteiger partial charge in [-0.2, -0.15) is 0 Å². The predicted octanol–water partition coefficient (Wildman–Crippen LogP) is 4.69. The van der Waals surface area contributed by atoms with E-state index in [9.17, 15) is 9.59 Å². The lowest BCUT2D eigenvalue weighted by molar-refractivity contribution is -0.149. The number of aromatic nitrogens is 4. The molecule has 5 rings (SSSR count). The number of esters is 1. The molecule has 1 saturated heterocycles. The van der Waals surface area contributed by atoms with Crippen molar-refractivity contribution in [2.24, 2.45) is 5.92 Å². The number of thiazole rings is 1. The fourth-order valence-electron chi connectivity index (χ4n) is 4.12. The maximum absolute atomic E-state index is 13.1. The lowest BCUT2D eigenvalue weighted by Crippen LogP contribution is -2.43. The van der Waals surface area contributed by atoms with Gasteiger partial charge in [-0.15, -0.1) is 21.5 Å². The highest BCUT2D eigenvalue weighted by Crippen LogP contribution is 2.31. The molecule has 0 bridgehead atoms. The molecule has 1 aliphatic heterocycles. The second kappa shape index (κ2) is 11.1. The Kier molecular flexibility index (Phi) is 7.47. The molecule has 4 heterocycles. The first-order valence-electron chi connectivity index (χ1n) is 11.7. The molecule has 1 atom stereocenters. The van der Waals surface area contributed by atoms with Gasteiger partial charge in [0.15, 0.2) is 10.9 Å². The second-order valence-electron chi connectivity index (χ2n) is 8.21. The lowest BCUT2D eigenvalue weighted by atomic mass is 9.98. The van der Waals surface area contributed by atoms with E-state index in [4.69, 9.17) is 9.15 Å². The number of amides is 1. The zero-order valence-corrected chi connectivity index (χ0v) is 21.3. The number of ether oxygens (including phenoxy) is 1. The van der Waals surface area contributed by atoms with E-state index < -0.39 is 0 Å². The summed E-state index contributed by atoms with van der Waals surface area (Å²) in [5, 5.41) is 12.0. The molecule has 0 radical (unpaired) electrons. The highest BCUT2D eigenvalue weighted by atomic mass is 32.2. The van der Waals surface area contributed by atoms with Crippen LogP contribution in [0.5, 0.6) is 0 Å². The monoisotopic (exact) mass is 523 g/mol. The maximum atomic E-state index is 13.1. The Morgan fingerprint density at radius 1 is 1.19 bits per heavy atom. The minimum absolute atomic E-state index is 0.149. The van der Waals surface area contributed by atoms with Crippen LogP contribution in [0.3, 0.4) is 0 Å². The quantitative estimate of drug-likeness (QED) is 0.242. The Bertz CT molecular complexity index is 1320. The summed E-state index contributed by atoms with van der Waals surface area (Å²) in [6.45, 7) is 3.12. The van der Waals surface area contributed by atoms with Gasteiger partial charge in [0.1, 0.15) is 10.7 Å². The number of benzene rings is 1. The second-order valence-corrected chi connectivity index (χ2v) is 10.1. The van der Waals surface area contributed by atoms with Gasteiger partial charge in [0.05, 0.1) is 24.5 Å². The number of carbonyl (C=O) groups is 2. The highest BCUT2D eigenvalue weighted by molar-refractivity contribution is 7.98. The third kappa shape index (κ3) is 5.21. The Balaban J connectivity index is 1.29. The van der Waals surface area contributed by atoms with E-state index in [1.54, 1.807) is 23.5 Å². The molecule has 186 valence electrons. The molecule has 0 aliphatic carbocycles. The number of likely N-dealkylation sites (tertiary alicyclic amines) is 1. The standard InChI is InChI=1S/C25H25N5O4S2/c1-2-33-24(32)17-8-6-12-29(14-17)23(31)19-15-35-21(26-19)16-36-25-28-27-22(20-11-7-13-34-20)30(25)18-9-4-3-5-10-18/h3-5,7,9-11,13,15,17H,2,6,8,12,14,16H2,1H3. The van der Waals surface area contributed by atoms with Gasteiger partial charge in [0.2, 0.25) is 5.82 Å². The van der Waals surface area contributed by atoms with Crippen LogP contribution in [0.4, 0.5) is 0 Å². The Labute approximate surface area is 216 Å². The minimum Gasteiger partial charge on any atom is -0.466 e. The van der Waals surface area contributed by atoms with Gasteiger partial charge in [-0.05, 0) is 44.0 Å². The number of hydrogen-bond donors (Lipinski definition) is 0. The zero-order chi connectivity index (χ0) is 24.9. The highest BCUT2D eigenvalue weighted by Gasteiger charge is 2.30. The van der Waals surface area contributed by atoms with Gasteiger partial charge >= 0.3 is 5.97 Å². The first-order chi connectivity index (χ1) is 17.6. The van der Waals surface area contributed by atoms with Crippen molar-refractivity contribution in [3.05, 3.63) is 64.8 Å². The van der Waals surface area contributed by atoms with Gasteiger partial charge in [-0.3, -0.25) is 14.2 Å². The van der Waals surface area contributed by atoms with Crippen LogP contribution in [0.1, 0.15) is 35.3 Å². The summed E-state index contributed by atoms with van der Waals surface area (Å²) < 4.78 is 12.7. The first kappa shape index (κ1) is 24.3. The summed E-state index contributed by atoms with van der Waals surface area (Å²) in [6, 6.07) is 13.5. The molecule has 0 saturated carbocycles. The average Bonchev–Trinajstić information content (AvgIpc) is 3.68. The molecule has 0 N–H and O–H groups in total. The summed E-state index contributed by atoms with van der Waals surface area (Å²) in [4.78, 5) is 31.5. The average molecular weight is 524 g/mol. The molecule has 9 nitrogen and oxygen atoms in total. The minimum atomic E-state index is -0.274. The number of furan rings is 1. The van der Waals surface area contributed by atoms with Gasteiger partial charge in [-0.25, -0.2) is 4.98 Å². The van der Waals surface area contributed by atoms with Crippen LogP contribution < -0.4 is 0 Å². The van der Waals surface area contributed by atoms with Crippen LogP contribution in [0.2, 0.25) is 0 Å². The topological polar surface area (TPSA) is 103 Å². The van der Waals surface area contributed by atoms with Gasteiger partial charge in [0, 0.05) is 24.2 Å². The third-order valence-corrected chi connectivity index (χ3v) is 7.79. The SMILES string of the molecule is CCOC(=O)C1CCCN(C(=O)c2csc(CSc3nnc(-c4ccco4)n3-c3ccccc3)n2)C1. The largest absolute Gasteiger partial charge is 0.466 e. The van der Waals surface area contributed by atoms with E-state index in [1.807, 2.05) is 47.0 Å². The van der Waals surface area contributed by atoms with E-state index in [0.29, 0.717) is 47.9 Å². The summed E-state index contributed by atoms with van der Waals surface area (Å²) >= 11 is 2.93. The van der Waals surface area contributed by atoms with E-state index in [0.717, 1.165) is 23.5 Å². The lowest BCUT2D eigenvalue weighted by Gasteiger charge is -2.31. The molecule has 1 aliphatic rings. The van der Waals surface area contributed by atoms with Crippen molar-refractivity contribution in [2.75, 3.05) is 19.7 Å². The van der Waals surface area contributed by atoms with Crippen LogP contribution in [-0.4, -0.2) is 56.2 Å². The van der Waals surface area contributed by atoms with E-state index >= 15 is 0 Å². The van der Waals surface area contributed by atoms with Crippen LogP contribution >= 0.6 is 23.1 Å². The number of carbonyl (C=O) groups excluding carboxylic acids is 2. The number of thioether (sulfide) groups is 1. The summed E-state index contributed by atoms with van der Waals surface area (Å²) in [7, 11) is 0. The first-order valence-corrected chi connectivity index (χ1v) is 13.6. The van der Waals surface area contributed by atoms with Crippen molar-refractivity contribution < 1.29 is 18.7 Å². The maximum Gasteiger partial charge on any atom is 0.310 e. The Morgan fingerprint density at radius 3 is 2.83 bits per heavy atom. The molecule has 1 aromatic carbocycles. The molecule has 1 amide bonds. The van der Waals surface area contributed by atoms with E-state index in [1.165, 1.54) is 23.1 Å². The normalized spacial score (nSPS) is 15.7. The van der Waals surface area contributed by atoms with Gasteiger partial charge in [-0.1, -0.05) is 30.0 Å². The fourth-order valence-corrected chi connectivity index (χ4v) is 5.85. The predicted molar refractivity (Wildman–Crippen MR) is 136 cm³/mol. The van der Waals surface area contributed by atoms with Crippen LogP contribution in [0.25, 0.3) is 17.3 Å². The van der Waals surface area contributed by atoms with Crippen LogP contribution in [-0.2, 0) is 15.3 Å². The molecule has 36 heavy (non-hydrogen) atoms. The van der Waals surface area contributed by atoms with E-state index in [-0.39, 0.29) is 17.8 Å². The number of piperidine rings is 1. The molecule has 1 fully saturated rings.